The van der Waals surface area contributed by atoms with Gasteiger partial charge in [0.25, 0.3) is 0 Å². The Morgan fingerprint density at radius 3 is 2.35 bits per heavy atom. The first-order chi connectivity index (χ1) is 24.9. The summed E-state index contributed by atoms with van der Waals surface area (Å²) in [5, 5.41) is 6.41. The molecular formula is C42H59N3O6. The molecule has 9 nitrogen and oxygen atoms in total. The summed E-state index contributed by atoms with van der Waals surface area (Å²) in [6.07, 6.45) is 9.27. The van der Waals surface area contributed by atoms with Gasteiger partial charge in [-0.15, -0.1) is 0 Å². The molecule has 2 N–H and O–H groups in total. The number of nitrogens with one attached hydrogen (secondary N) is 2. The summed E-state index contributed by atoms with van der Waals surface area (Å²) in [5.41, 5.74) is 6.12. The summed E-state index contributed by atoms with van der Waals surface area (Å²) in [5.74, 6) is 1.11. The van der Waals surface area contributed by atoms with Crippen LogP contribution in [0.5, 0.6) is 0 Å². The third-order valence-corrected chi connectivity index (χ3v) is 10.1. The van der Waals surface area contributed by atoms with Crippen LogP contribution in [-0.2, 0) is 36.6 Å². The fourth-order valence-electron chi connectivity index (χ4n) is 6.99. The van der Waals surface area contributed by atoms with Crippen LogP contribution >= 0.6 is 0 Å². The van der Waals surface area contributed by atoms with E-state index in [4.69, 9.17) is 14.2 Å². The number of benzene rings is 3. The number of hydrogen-bond acceptors (Lipinski definition) is 7. The van der Waals surface area contributed by atoms with Gasteiger partial charge in [-0.3, -0.25) is 10.1 Å². The summed E-state index contributed by atoms with van der Waals surface area (Å²) in [6, 6.07) is 26.3. The Balaban J connectivity index is 0.000000286. The number of methoxy groups -OCH3 is 3. The normalized spacial score (nSPS) is 17.3. The largest absolute Gasteiger partial charge is 0.453 e. The zero-order valence-electron chi connectivity index (χ0n) is 31.2. The van der Waals surface area contributed by atoms with Gasteiger partial charge in [0.15, 0.2) is 6.29 Å². The number of ether oxygens (including phenoxy) is 4. The Morgan fingerprint density at radius 2 is 1.67 bits per heavy atom. The van der Waals surface area contributed by atoms with E-state index in [9.17, 15) is 9.59 Å². The molecule has 278 valence electrons. The summed E-state index contributed by atoms with van der Waals surface area (Å²) in [4.78, 5) is 25.7. The predicted octanol–water partition coefficient (Wildman–Crippen LogP) is 7.74. The third-order valence-electron chi connectivity index (χ3n) is 10.1. The number of nitrogens with zero attached hydrogens (tertiary/aromatic N) is 1. The van der Waals surface area contributed by atoms with Crippen molar-refractivity contribution in [2.75, 3.05) is 66.0 Å². The lowest BCUT2D eigenvalue weighted by Gasteiger charge is -2.26. The lowest BCUT2D eigenvalue weighted by molar-refractivity contribution is -0.146. The average molecular weight is 702 g/mol. The van der Waals surface area contributed by atoms with E-state index in [1.807, 2.05) is 59.5 Å². The van der Waals surface area contributed by atoms with Crippen molar-refractivity contribution < 1.29 is 28.5 Å². The number of amides is 2. The number of fused-ring (bicyclic) bond motifs is 1. The van der Waals surface area contributed by atoms with Gasteiger partial charge < -0.3 is 29.2 Å². The highest BCUT2D eigenvalue weighted by molar-refractivity contribution is 5.91. The van der Waals surface area contributed by atoms with Gasteiger partial charge in [-0.1, -0.05) is 92.6 Å². The molecule has 2 saturated carbocycles. The highest BCUT2D eigenvalue weighted by Crippen LogP contribution is 2.63. The highest BCUT2D eigenvalue weighted by Gasteiger charge is 2.55. The van der Waals surface area contributed by atoms with Gasteiger partial charge in [0.05, 0.1) is 39.0 Å². The van der Waals surface area contributed by atoms with E-state index in [1.54, 1.807) is 14.2 Å². The minimum absolute atomic E-state index is 0.0942. The second-order valence-electron chi connectivity index (χ2n) is 13.6. The predicted molar refractivity (Wildman–Crippen MR) is 204 cm³/mol. The van der Waals surface area contributed by atoms with Crippen LogP contribution in [-0.4, -0.2) is 83.9 Å². The molecule has 2 aliphatic rings. The van der Waals surface area contributed by atoms with Crippen molar-refractivity contribution in [2.45, 2.75) is 71.0 Å². The summed E-state index contributed by atoms with van der Waals surface area (Å²) in [7, 11) is 4.55. The van der Waals surface area contributed by atoms with Crippen LogP contribution in [0.3, 0.4) is 0 Å². The zero-order valence-corrected chi connectivity index (χ0v) is 31.2. The maximum atomic E-state index is 12.7. The minimum Gasteiger partial charge on any atom is -0.453 e. The van der Waals surface area contributed by atoms with Crippen LogP contribution in [0.1, 0.15) is 63.0 Å². The van der Waals surface area contributed by atoms with Crippen LogP contribution < -0.4 is 10.6 Å². The fraction of sp³-hybridized carbons (Fsp3) is 0.524. The second-order valence-corrected chi connectivity index (χ2v) is 13.6. The average Bonchev–Trinajstić information content (AvgIpc) is 3.71. The molecule has 2 aliphatic carbocycles. The Labute approximate surface area is 305 Å². The van der Waals surface area contributed by atoms with Crippen molar-refractivity contribution in [1.29, 1.82) is 0 Å². The maximum Gasteiger partial charge on any atom is 0.411 e. The molecule has 0 heterocycles. The first-order valence-electron chi connectivity index (χ1n) is 18.6. The van der Waals surface area contributed by atoms with Crippen molar-refractivity contribution in [3.05, 3.63) is 90.0 Å². The van der Waals surface area contributed by atoms with E-state index >= 15 is 0 Å². The molecule has 0 aliphatic heterocycles. The molecule has 0 bridgehead atoms. The van der Waals surface area contributed by atoms with Gasteiger partial charge in [-0.2, -0.15) is 0 Å². The SMILES string of the molecule is CCCCN(CC(OC)OC)C(=O)CCOCCc1cccc(CCNCC23CCCC2C3)c1.COC(=O)Nc1ccccc1-c1ccccc1. The monoisotopic (exact) mass is 701 g/mol. The molecule has 3 aromatic rings. The molecule has 51 heavy (non-hydrogen) atoms. The van der Waals surface area contributed by atoms with E-state index < -0.39 is 12.4 Å². The van der Waals surface area contributed by atoms with Crippen molar-refractivity contribution in [3.63, 3.8) is 0 Å². The number of rotatable bonds is 20. The van der Waals surface area contributed by atoms with Crippen molar-refractivity contribution in [3.8, 4) is 11.1 Å². The van der Waals surface area contributed by atoms with Gasteiger partial charge >= 0.3 is 6.09 Å². The number of carbonyl (C=O) groups excluding carboxylic acids is 2. The molecule has 0 radical (unpaired) electrons. The van der Waals surface area contributed by atoms with Gasteiger partial charge in [0.1, 0.15) is 0 Å². The summed E-state index contributed by atoms with van der Waals surface area (Å²) < 4.78 is 20.9. The molecule has 3 aromatic carbocycles. The Kier molecular flexibility index (Phi) is 16.9. The molecule has 2 atom stereocenters. The number of para-hydroxylation sites is 1. The van der Waals surface area contributed by atoms with Crippen molar-refractivity contribution in [2.24, 2.45) is 11.3 Å². The van der Waals surface area contributed by atoms with Crippen LogP contribution in [0.2, 0.25) is 0 Å². The Hall–Kier alpha value is -3.76. The lowest BCUT2D eigenvalue weighted by Crippen LogP contribution is -2.40. The van der Waals surface area contributed by atoms with E-state index in [-0.39, 0.29) is 5.91 Å². The van der Waals surface area contributed by atoms with Gasteiger partial charge in [-0.05, 0) is 79.2 Å². The standard InChI is InChI=1S/C28H46N2O4.C14H13NO2/c1-4-5-16-30(21-27(32-2)33-3)26(31)13-18-34-17-12-24-9-6-8-23(19-24)11-15-29-22-28-14-7-10-25(28)20-28;1-17-14(16)15-13-10-6-5-9-12(13)11-7-3-2-4-8-11/h6,8-9,19,25,27,29H,4-5,7,10-18,20-22H2,1-3H3;2-10H,1H3,(H,15,16). The van der Waals surface area contributed by atoms with Crippen molar-refractivity contribution >= 4 is 17.7 Å². The van der Waals surface area contributed by atoms with Crippen LogP contribution in [0, 0.1) is 11.3 Å². The molecule has 0 spiro atoms. The molecule has 0 aromatic heterocycles. The number of carbonyl (C=O) groups is 2. The molecule has 9 heteroatoms. The maximum absolute atomic E-state index is 12.7. The lowest BCUT2D eigenvalue weighted by atomic mass is 10.0. The molecule has 0 saturated heterocycles. The molecule has 2 unspecified atom stereocenters. The van der Waals surface area contributed by atoms with Crippen LogP contribution in [0.25, 0.3) is 11.1 Å². The van der Waals surface area contributed by atoms with E-state index in [0.717, 1.165) is 61.5 Å². The molecule has 2 fully saturated rings. The van der Waals surface area contributed by atoms with Gasteiger partial charge in [-0.25, -0.2) is 4.79 Å². The van der Waals surface area contributed by atoms with Gasteiger partial charge in [0.2, 0.25) is 5.91 Å². The highest BCUT2D eigenvalue weighted by atomic mass is 16.7. The van der Waals surface area contributed by atoms with Gasteiger partial charge in [0, 0.05) is 32.9 Å². The fourth-order valence-corrected chi connectivity index (χ4v) is 6.99. The number of unbranched alkanes of at least 4 members (excludes halogenated alkanes) is 1. The first-order valence-corrected chi connectivity index (χ1v) is 18.6. The molecule has 5 rings (SSSR count). The smallest absolute Gasteiger partial charge is 0.411 e. The Morgan fingerprint density at radius 1 is 0.922 bits per heavy atom. The van der Waals surface area contributed by atoms with Crippen LogP contribution in [0.15, 0.2) is 78.9 Å². The topological polar surface area (TPSA) is 98.4 Å². The minimum atomic E-state index is -0.464. The molecular weight excluding hydrogens is 642 g/mol. The Bertz CT molecular complexity index is 1470. The summed E-state index contributed by atoms with van der Waals surface area (Å²) in [6.45, 7) is 6.64. The first kappa shape index (κ1) is 40.0. The summed E-state index contributed by atoms with van der Waals surface area (Å²) >= 11 is 0. The zero-order chi connectivity index (χ0) is 36.3. The number of hydrogen-bond donors (Lipinski definition) is 2. The van der Waals surface area contributed by atoms with E-state index in [0.29, 0.717) is 31.6 Å². The quantitative estimate of drug-likeness (QED) is 0.0919. The van der Waals surface area contributed by atoms with Crippen LogP contribution in [0.4, 0.5) is 10.5 Å². The number of anilines is 1. The van der Waals surface area contributed by atoms with E-state index in [1.165, 1.54) is 50.5 Å². The second kappa shape index (κ2) is 21.6. The third kappa shape index (κ3) is 13.1. The van der Waals surface area contributed by atoms with E-state index in [2.05, 4.69) is 46.6 Å². The van der Waals surface area contributed by atoms with Crippen molar-refractivity contribution in [1.82, 2.24) is 10.2 Å². The molecule has 2 amide bonds.